The van der Waals surface area contributed by atoms with Gasteiger partial charge in [-0.2, -0.15) is 4.79 Å². The Morgan fingerprint density at radius 3 is 2.92 bits per heavy atom. The normalized spacial score (nSPS) is 8.92. The summed E-state index contributed by atoms with van der Waals surface area (Å²) in [6.07, 6.45) is 4.59. The number of hydrogen-bond acceptors (Lipinski definition) is 2. The molecule has 0 bridgehead atoms. The average Bonchev–Trinajstić information content (AvgIpc) is 2.11. The van der Waals surface area contributed by atoms with Crippen molar-refractivity contribution >= 4 is 12.0 Å². The molecule has 0 spiro atoms. The van der Waals surface area contributed by atoms with Gasteiger partial charge in [0.1, 0.15) is 0 Å². The Balaban J connectivity index is 3.20. The summed E-state index contributed by atoms with van der Waals surface area (Å²) in [5.41, 5.74) is 8.02. The Kier molecular flexibility index (Phi) is 7.99. The third kappa shape index (κ3) is 8.66. The predicted molar refractivity (Wildman–Crippen MR) is 49.6 cm³/mol. The smallest absolute Gasteiger partial charge is 0.323 e. The van der Waals surface area contributed by atoms with Gasteiger partial charge in [-0.1, -0.05) is 6.08 Å². The average molecular weight is 182 g/mol. The van der Waals surface area contributed by atoms with Crippen molar-refractivity contribution in [2.45, 2.75) is 19.3 Å². The highest BCUT2D eigenvalue weighted by atomic mass is 16.5. The Morgan fingerprint density at radius 1 is 1.54 bits per heavy atom. The second-order valence-corrected chi connectivity index (χ2v) is 2.53. The summed E-state index contributed by atoms with van der Waals surface area (Å²) < 4.78 is 5.11. The summed E-state index contributed by atoms with van der Waals surface area (Å²) in [5.74, 6) is -0.161. The van der Waals surface area contributed by atoms with Gasteiger partial charge in [-0.05, 0) is 12.8 Å². The van der Waals surface area contributed by atoms with Crippen molar-refractivity contribution in [3.63, 3.8) is 0 Å². The van der Waals surface area contributed by atoms with Crippen LogP contribution in [0.3, 0.4) is 0 Å². The minimum atomic E-state index is -0.161. The van der Waals surface area contributed by atoms with Crippen molar-refractivity contribution in [2.24, 2.45) is 0 Å². The van der Waals surface area contributed by atoms with Gasteiger partial charge in [0.2, 0.25) is 5.78 Å². The first kappa shape index (κ1) is 11.8. The Labute approximate surface area is 77.8 Å². The van der Waals surface area contributed by atoms with Gasteiger partial charge in [-0.15, -0.1) is 6.58 Å². The monoisotopic (exact) mass is 182 g/mol. The SMILES string of the molecule is C=CCOCCCCC(=O)C=[N+]=[N-]. The molecule has 0 aromatic carbocycles. The zero-order valence-corrected chi connectivity index (χ0v) is 7.61. The zero-order chi connectivity index (χ0) is 9.94. The van der Waals surface area contributed by atoms with Crippen molar-refractivity contribution in [3.8, 4) is 0 Å². The lowest BCUT2D eigenvalue weighted by Gasteiger charge is -1.98. The van der Waals surface area contributed by atoms with Crippen LogP contribution in [0.5, 0.6) is 0 Å². The number of unbranched alkanes of at least 4 members (excludes halogenated alkanes) is 1. The van der Waals surface area contributed by atoms with Gasteiger partial charge in [0.05, 0.1) is 6.61 Å². The van der Waals surface area contributed by atoms with Crippen LogP contribution < -0.4 is 0 Å². The van der Waals surface area contributed by atoms with Crippen molar-refractivity contribution in [3.05, 3.63) is 18.2 Å². The second-order valence-electron chi connectivity index (χ2n) is 2.53. The fourth-order valence-corrected chi connectivity index (χ4v) is 0.799. The third-order valence-corrected chi connectivity index (χ3v) is 1.40. The van der Waals surface area contributed by atoms with Crippen molar-refractivity contribution < 1.29 is 14.3 Å². The van der Waals surface area contributed by atoms with Gasteiger partial charge in [0, 0.05) is 13.0 Å². The summed E-state index contributed by atoms with van der Waals surface area (Å²) in [4.78, 5) is 13.4. The van der Waals surface area contributed by atoms with E-state index in [1.165, 1.54) is 0 Å². The van der Waals surface area contributed by atoms with Gasteiger partial charge >= 0.3 is 6.21 Å². The molecule has 0 fully saturated rings. The Bertz CT molecular complexity index is 208. The molecule has 0 rings (SSSR count). The molecule has 0 radical (unpaired) electrons. The van der Waals surface area contributed by atoms with Crippen LogP contribution in [-0.4, -0.2) is 30.0 Å². The van der Waals surface area contributed by atoms with Crippen LogP contribution in [0.4, 0.5) is 0 Å². The maximum atomic E-state index is 10.8. The highest BCUT2D eigenvalue weighted by Crippen LogP contribution is 1.95. The van der Waals surface area contributed by atoms with Crippen LogP contribution in [0, 0.1) is 0 Å². The summed E-state index contributed by atoms with van der Waals surface area (Å²) in [5, 5.41) is 0. The largest absolute Gasteiger partial charge is 0.377 e. The van der Waals surface area contributed by atoms with Crippen LogP contribution in [0.2, 0.25) is 0 Å². The summed E-state index contributed by atoms with van der Waals surface area (Å²) in [6.45, 7) is 4.69. The van der Waals surface area contributed by atoms with Crippen LogP contribution in [-0.2, 0) is 9.53 Å². The molecule has 0 saturated heterocycles. The lowest BCUT2D eigenvalue weighted by molar-refractivity contribution is -0.116. The molecule has 0 aliphatic carbocycles. The van der Waals surface area contributed by atoms with E-state index in [0.29, 0.717) is 19.6 Å². The molecule has 0 amide bonds. The molecule has 0 heterocycles. The molecular weight excluding hydrogens is 168 g/mol. The fraction of sp³-hybridized carbons (Fsp3) is 0.556. The quantitative estimate of drug-likeness (QED) is 0.186. The first-order valence-corrected chi connectivity index (χ1v) is 4.20. The van der Waals surface area contributed by atoms with E-state index in [1.807, 2.05) is 0 Å². The molecule has 72 valence electrons. The number of rotatable bonds is 8. The number of carbonyl (C=O) groups excluding carboxylic acids is 1. The number of ketones is 1. The Hall–Kier alpha value is -1.25. The summed E-state index contributed by atoms with van der Waals surface area (Å²) >= 11 is 0. The summed E-state index contributed by atoms with van der Waals surface area (Å²) in [7, 11) is 0. The molecule has 0 aromatic rings. The highest BCUT2D eigenvalue weighted by Gasteiger charge is 2.00. The molecule has 0 N–H and O–H groups in total. The number of ether oxygens (including phenoxy) is 1. The van der Waals surface area contributed by atoms with E-state index in [9.17, 15) is 4.79 Å². The highest BCUT2D eigenvalue weighted by molar-refractivity contribution is 6.25. The minimum absolute atomic E-state index is 0.161. The standard InChI is InChI=1S/C9H14N2O2/c1-2-6-13-7-4-3-5-9(12)8-11-10/h2,8H,1,3-7H2. The maximum Gasteiger partial charge on any atom is 0.323 e. The lowest BCUT2D eigenvalue weighted by Crippen LogP contribution is -2.01. The molecule has 0 saturated carbocycles. The number of nitrogens with zero attached hydrogens (tertiary/aromatic N) is 2. The van der Waals surface area contributed by atoms with Crippen LogP contribution in [0.15, 0.2) is 12.7 Å². The van der Waals surface area contributed by atoms with Gasteiger partial charge in [-0.3, -0.25) is 4.79 Å². The van der Waals surface area contributed by atoms with Crippen LogP contribution in [0.1, 0.15) is 19.3 Å². The van der Waals surface area contributed by atoms with Gasteiger partial charge < -0.3 is 10.3 Å². The van der Waals surface area contributed by atoms with E-state index in [4.69, 9.17) is 10.3 Å². The van der Waals surface area contributed by atoms with Gasteiger partial charge in [-0.25, -0.2) is 0 Å². The van der Waals surface area contributed by atoms with Crippen molar-refractivity contribution in [1.82, 2.24) is 0 Å². The van der Waals surface area contributed by atoms with Crippen LogP contribution >= 0.6 is 0 Å². The molecular formula is C9H14N2O2. The van der Waals surface area contributed by atoms with Gasteiger partial charge in [0.15, 0.2) is 0 Å². The lowest BCUT2D eigenvalue weighted by atomic mass is 10.2. The van der Waals surface area contributed by atoms with E-state index < -0.39 is 0 Å². The molecule has 0 atom stereocenters. The molecule has 13 heavy (non-hydrogen) atoms. The Morgan fingerprint density at radius 2 is 2.31 bits per heavy atom. The van der Waals surface area contributed by atoms with E-state index in [2.05, 4.69) is 11.4 Å². The number of hydrogen-bond donors (Lipinski definition) is 0. The molecule has 4 nitrogen and oxygen atoms in total. The molecule has 0 aromatic heterocycles. The summed E-state index contributed by atoms with van der Waals surface area (Å²) in [6, 6.07) is 0. The first-order chi connectivity index (χ1) is 6.31. The molecule has 0 aliphatic heterocycles. The number of carbonyl (C=O) groups is 1. The van der Waals surface area contributed by atoms with Crippen molar-refractivity contribution in [2.75, 3.05) is 13.2 Å². The minimum Gasteiger partial charge on any atom is -0.377 e. The molecule has 4 heteroatoms. The molecule has 0 unspecified atom stereocenters. The maximum absolute atomic E-state index is 10.8. The van der Waals surface area contributed by atoms with Crippen LogP contribution in [0.25, 0.3) is 5.53 Å². The van der Waals surface area contributed by atoms with E-state index in [1.54, 1.807) is 6.08 Å². The zero-order valence-electron chi connectivity index (χ0n) is 7.61. The van der Waals surface area contributed by atoms with E-state index in [-0.39, 0.29) is 5.78 Å². The first-order valence-electron chi connectivity index (χ1n) is 4.20. The molecule has 0 aliphatic rings. The van der Waals surface area contributed by atoms with Crippen molar-refractivity contribution in [1.29, 1.82) is 0 Å². The van der Waals surface area contributed by atoms with E-state index >= 15 is 0 Å². The van der Waals surface area contributed by atoms with E-state index in [0.717, 1.165) is 19.1 Å². The number of Topliss-reactive ketones (excluding diaryl/α,β-unsaturated/α-hetero) is 1. The second kappa shape index (κ2) is 8.84. The fourth-order valence-electron chi connectivity index (χ4n) is 0.799. The third-order valence-electron chi connectivity index (χ3n) is 1.40. The predicted octanol–water partition coefficient (Wildman–Crippen LogP) is 1.23. The topological polar surface area (TPSA) is 62.7 Å². The van der Waals surface area contributed by atoms with Gasteiger partial charge in [0.25, 0.3) is 0 Å².